The summed E-state index contributed by atoms with van der Waals surface area (Å²) in [6, 6.07) is 0. The molecule has 0 unspecified atom stereocenters. The number of thiazole rings is 1. The van der Waals surface area contributed by atoms with E-state index in [-0.39, 0.29) is 18.1 Å². The second-order valence-electron chi connectivity index (χ2n) is 5.44. The molecule has 1 aromatic heterocycles. The number of carbonyl (C=O) groups excluding carboxylic acids is 2. The lowest BCUT2D eigenvalue weighted by molar-refractivity contribution is -0.122. The molecule has 2 N–H and O–H groups in total. The Morgan fingerprint density at radius 3 is 2.96 bits per heavy atom. The molecule has 0 aliphatic rings. The van der Waals surface area contributed by atoms with Crippen LogP contribution in [-0.4, -0.2) is 51.5 Å². The molecule has 1 aromatic rings. The van der Waals surface area contributed by atoms with Gasteiger partial charge in [-0.2, -0.15) is 12.6 Å². The largest absolute Gasteiger partial charge is 0.389 e. The monoisotopic (exact) mass is 415 g/mol. The number of carbonyl (C=O) groups is 2. The van der Waals surface area contributed by atoms with Gasteiger partial charge in [-0.15, -0.1) is 23.1 Å². The van der Waals surface area contributed by atoms with Crippen molar-refractivity contribution in [2.75, 3.05) is 18.6 Å². The molecule has 0 bridgehead atoms. The first-order valence-electron chi connectivity index (χ1n) is 8.22. The van der Waals surface area contributed by atoms with E-state index in [2.05, 4.69) is 27.9 Å². The third-order valence-corrected chi connectivity index (χ3v) is 5.33. The van der Waals surface area contributed by atoms with Crippen LogP contribution >= 0.6 is 35.7 Å². The minimum atomic E-state index is -0.793. The number of aliphatic imine (C=N–C) groups is 1. The molecule has 0 saturated carbocycles. The van der Waals surface area contributed by atoms with Crippen LogP contribution in [0.4, 0.5) is 0 Å². The molecule has 0 aliphatic heterocycles. The number of thioether (sulfide) groups is 1. The van der Waals surface area contributed by atoms with E-state index in [0.29, 0.717) is 24.5 Å². The second kappa shape index (κ2) is 13.1. The van der Waals surface area contributed by atoms with Gasteiger partial charge < -0.3 is 10.4 Å². The molecule has 144 valence electrons. The number of amides is 1. The first kappa shape index (κ1) is 22.9. The second-order valence-corrected chi connectivity index (χ2v) is 7.92. The number of aliphatic hydroxyl groups is 1. The number of hydrogen-bond donors (Lipinski definition) is 3. The highest BCUT2D eigenvalue weighted by Crippen LogP contribution is 2.18. The molecule has 0 spiro atoms. The van der Waals surface area contributed by atoms with Gasteiger partial charge in [0.1, 0.15) is 21.5 Å². The molecule has 6 nitrogen and oxygen atoms in total. The van der Waals surface area contributed by atoms with Crippen molar-refractivity contribution in [1.29, 1.82) is 0 Å². The van der Waals surface area contributed by atoms with E-state index in [9.17, 15) is 14.7 Å². The minimum absolute atomic E-state index is 0.0177. The molecule has 1 heterocycles. The van der Waals surface area contributed by atoms with E-state index in [1.54, 1.807) is 20.0 Å². The fourth-order valence-electron chi connectivity index (χ4n) is 1.87. The number of nitrogens with one attached hydrogen (secondary N) is 1. The molecule has 26 heavy (non-hydrogen) atoms. The minimum Gasteiger partial charge on any atom is -0.389 e. The number of allylic oxidation sites excluding steroid dienone is 1. The Labute approximate surface area is 168 Å². The third-order valence-electron chi connectivity index (χ3n) is 3.15. The van der Waals surface area contributed by atoms with Crippen molar-refractivity contribution < 1.29 is 14.7 Å². The van der Waals surface area contributed by atoms with Crippen LogP contribution in [0.15, 0.2) is 22.5 Å². The number of ketones is 1. The van der Waals surface area contributed by atoms with Crippen LogP contribution in [0.5, 0.6) is 0 Å². The maximum Gasteiger partial charge on any atom is 0.223 e. The van der Waals surface area contributed by atoms with E-state index in [4.69, 9.17) is 0 Å². The van der Waals surface area contributed by atoms with Gasteiger partial charge in [-0.1, -0.05) is 12.2 Å². The topological polar surface area (TPSA) is 91.7 Å². The number of aromatic nitrogens is 1. The van der Waals surface area contributed by atoms with E-state index in [1.165, 1.54) is 23.1 Å². The van der Waals surface area contributed by atoms with E-state index in [1.807, 2.05) is 11.5 Å². The molecule has 0 fully saturated rings. The third kappa shape index (κ3) is 9.51. The van der Waals surface area contributed by atoms with Crippen LogP contribution < -0.4 is 5.32 Å². The zero-order chi connectivity index (χ0) is 19.4. The van der Waals surface area contributed by atoms with Gasteiger partial charge in [-0.25, -0.2) is 4.98 Å². The summed E-state index contributed by atoms with van der Waals surface area (Å²) in [7, 11) is 1.69. The van der Waals surface area contributed by atoms with Gasteiger partial charge in [0.25, 0.3) is 0 Å². The maximum absolute atomic E-state index is 11.9. The molecule has 0 saturated heterocycles. The van der Waals surface area contributed by atoms with Crippen molar-refractivity contribution >= 4 is 52.5 Å². The van der Waals surface area contributed by atoms with E-state index < -0.39 is 6.10 Å². The fourth-order valence-corrected chi connectivity index (χ4v) is 3.77. The van der Waals surface area contributed by atoms with Gasteiger partial charge in [0.2, 0.25) is 5.91 Å². The Bertz CT molecular complexity index is 644. The Hall–Kier alpha value is -1.16. The number of aliphatic hydroxyl groups excluding tert-OH is 1. The van der Waals surface area contributed by atoms with Gasteiger partial charge in [0.15, 0.2) is 0 Å². The Balaban J connectivity index is 2.45. The molecular weight excluding hydrogens is 390 g/mol. The van der Waals surface area contributed by atoms with Crippen molar-refractivity contribution in [2.24, 2.45) is 4.99 Å². The number of rotatable bonds is 11. The lowest BCUT2D eigenvalue weighted by Gasteiger charge is -2.06. The van der Waals surface area contributed by atoms with Gasteiger partial charge in [0, 0.05) is 24.6 Å². The summed E-state index contributed by atoms with van der Waals surface area (Å²) >= 11 is 7.01. The predicted molar refractivity (Wildman–Crippen MR) is 112 cm³/mol. The smallest absolute Gasteiger partial charge is 0.223 e. The molecular formula is C17H25N3O3S3. The highest BCUT2D eigenvalue weighted by molar-refractivity contribution is 8.14. The lowest BCUT2D eigenvalue weighted by Crippen LogP contribution is -2.26. The highest BCUT2D eigenvalue weighted by atomic mass is 32.2. The summed E-state index contributed by atoms with van der Waals surface area (Å²) in [4.78, 5) is 31.6. The molecule has 0 aliphatic carbocycles. The zero-order valence-electron chi connectivity index (χ0n) is 15.0. The van der Waals surface area contributed by atoms with Gasteiger partial charge in [0.05, 0.1) is 19.1 Å². The summed E-state index contributed by atoms with van der Waals surface area (Å²) in [5.74, 6) is 1.30. The predicted octanol–water partition coefficient (Wildman–Crippen LogP) is 2.48. The standard InChI is InChI=1S/C17H25N3O3S3/c1-12(21)6-8-25-17(18-2)14-11-26-16(20-14)10-19-15(23)9-13(22)5-3-4-7-24/h3,5,11,13,22,24H,4,6-10H2,1-2H3,(H,19,23)/b5-3+,18-17?/t13-/m1/s1. The van der Waals surface area contributed by atoms with Crippen molar-refractivity contribution in [1.82, 2.24) is 10.3 Å². The van der Waals surface area contributed by atoms with Gasteiger partial charge >= 0.3 is 0 Å². The van der Waals surface area contributed by atoms with E-state index in [0.717, 1.165) is 22.2 Å². The summed E-state index contributed by atoms with van der Waals surface area (Å²) < 4.78 is 0. The number of Topliss-reactive ketones (excluding diaryl/α,β-unsaturated/α-hetero) is 1. The first-order valence-corrected chi connectivity index (χ1v) is 10.7. The van der Waals surface area contributed by atoms with Crippen molar-refractivity contribution in [3.05, 3.63) is 28.2 Å². The van der Waals surface area contributed by atoms with Crippen molar-refractivity contribution in [3.63, 3.8) is 0 Å². The first-order chi connectivity index (χ1) is 12.5. The van der Waals surface area contributed by atoms with Gasteiger partial charge in [-0.05, 0) is 19.1 Å². The quantitative estimate of drug-likeness (QED) is 0.223. The molecule has 0 radical (unpaired) electrons. The number of nitrogens with zero attached hydrogens (tertiary/aromatic N) is 2. The SMILES string of the molecule is CN=C(SCCC(C)=O)c1csc(CNC(=O)C[C@H](O)/C=C/CCS)n1. The Morgan fingerprint density at radius 2 is 2.31 bits per heavy atom. The number of thiol groups is 1. The zero-order valence-corrected chi connectivity index (χ0v) is 17.5. The summed E-state index contributed by atoms with van der Waals surface area (Å²) in [5, 5.41) is 15.9. The molecule has 9 heteroatoms. The molecule has 1 amide bonds. The van der Waals surface area contributed by atoms with E-state index >= 15 is 0 Å². The number of hydrogen-bond acceptors (Lipinski definition) is 8. The maximum atomic E-state index is 11.9. The van der Waals surface area contributed by atoms with Crippen LogP contribution in [0.25, 0.3) is 0 Å². The van der Waals surface area contributed by atoms with Crippen LogP contribution in [0.3, 0.4) is 0 Å². The average molecular weight is 416 g/mol. The fraction of sp³-hybridized carbons (Fsp3) is 0.529. The normalized spacial score (nSPS) is 13.2. The molecule has 1 atom stereocenters. The van der Waals surface area contributed by atoms with Gasteiger partial charge in [-0.3, -0.25) is 14.6 Å². The van der Waals surface area contributed by atoms with Crippen LogP contribution in [0, 0.1) is 0 Å². The Kier molecular flexibility index (Phi) is 11.5. The van der Waals surface area contributed by atoms with Crippen LogP contribution in [-0.2, 0) is 16.1 Å². The molecule has 1 rings (SSSR count). The summed E-state index contributed by atoms with van der Waals surface area (Å²) in [6.07, 6.45) is 3.91. The van der Waals surface area contributed by atoms with Crippen LogP contribution in [0.2, 0.25) is 0 Å². The van der Waals surface area contributed by atoms with Crippen molar-refractivity contribution in [2.45, 2.75) is 38.8 Å². The lowest BCUT2D eigenvalue weighted by atomic mass is 10.2. The van der Waals surface area contributed by atoms with Crippen molar-refractivity contribution in [3.8, 4) is 0 Å². The summed E-state index contributed by atoms with van der Waals surface area (Å²) in [5.41, 5.74) is 0.755. The highest BCUT2D eigenvalue weighted by Gasteiger charge is 2.12. The summed E-state index contributed by atoms with van der Waals surface area (Å²) in [6.45, 7) is 1.88. The Morgan fingerprint density at radius 1 is 1.54 bits per heavy atom. The average Bonchev–Trinajstić information content (AvgIpc) is 3.05. The van der Waals surface area contributed by atoms with Crippen LogP contribution in [0.1, 0.15) is 36.9 Å². The molecule has 0 aromatic carbocycles.